The lowest BCUT2D eigenvalue weighted by Crippen LogP contribution is -2.48. The predicted molar refractivity (Wildman–Crippen MR) is 127 cm³/mol. The smallest absolute Gasteiger partial charge is 0.273 e. The highest BCUT2D eigenvalue weighted by Crippen LogP contribution is 2.24. The summed E-state index contributed by atoms with van der Waals surface area (Å²) >= 11 is 0. The van der Waals surface area contributed by atoms with Gasteiger partial charge in [-0.15, -0.1) is 0 Å². The standard InChI is InChI=1S/C24H31N7O2/c1-6-31-17(3)19(14-25-31)15-28(5)23(33)22-20-13-16(2)7-8-21(20)26-24(27-22)30-11-9-29(10-12-30)18(4)32/h7-8,13-14H,6,9-12,15H2,1-5H3. The summed E-state index contributed by atoms with van der Waals surface area (Å²) in [5.74, 6) is 0.449. The summed E-state index contributed by atoms with van der Waals surface area (Å²) < 4.78 is 1.93. The lowest BCUT2D eigenvalue weighted by Gasteiger charge is -2.34. The Bertz CT molecular complexity index is 1190. The average molecular weight is 450 g/mol. The zero-order valence-corrected chi connectivity index (χ0v) is 20.0. The third-order valence-electron chi connectivity index (χ3n) is 6.31. The van der Waals surface area contributed by atoms with Crippen LogP contribution in [0.1, 0.15) is 41.2 Å². The first-order valence-corrected chi connectivity index (χ1v) is 11.3. The van der Waals surface area contributed by atoms with Crippen LogP contribution in [0.2, 0.25) is 0 Å². The normalized spacial score (nSPS) is 14.1. The summed E-state index contributed by atoms with van der Waals surface area (Å²) in [5.41, 5.74) is 4.26. The first-order chi connectivity index (χ1) is 15.8. The number of hydrogen-bond acceptors (Lipinski definition) is 6. The highest BCUT2D eigenvalue weighted by Gasteiger charge is 2.25. The van der Waals surface area contributed by atoms with E-state index in [0.29, 0.717) is 44.4 Å². The van der Waals surface area contributed by atoms with Crippen molar-refractivity contribution in [1.29, 1.82) is 0 Å². The molecule has 1 fully saturated rings. The average Bonchev–Trinajstić information content (AvgIpc) is 3.16. The third kappa shape index (κ3) is 4.53. The molecule has 1 aliphatic rings. The van der Waals surface area contributed by atoms with Crippen LogP contribution >= 0.6 is 0 Å². The molecule has 0 spiro atoms. The number of carbonyl (C=O) groups excluding carboxylic acids is 2. The van der Waals surface area contributed by atoms with Gasteiger partial charge in [0, 0.05) is 69.9 Å². The van der Waals surface area contributed by atoms with Crippen molar-refractivity contribution < 1.29 is 9.59 Å². The molecule has 1 saturated heterocycles. The number of anilines is 1. The van der Waals surface area contributed by atoms with Gasteiger partial charge in [0.15, 0.2) is 0 Å². The number of aryl methyl sites for hydroxylation is 2. The number of rotatable bonds is 5. The van der Waals surface area contributed by atoms with Crippen LogP contribution in [0.3, 0.4) is 0 Å². The maximum Gasteiger partial charge on any atom is 0.273 e. The van der Waals surface area contributed by atoms with Gasteiger partial charge in [0.05, 0.1) is 11.7 Å². The van der Waals surface area contributed by atoms with Gasteiger partial charge in [0.1, 0.15) is 5.69 Å². The summed E-state index contributed by atoms with van der Waals surface area (Å²) in [7, 11) is 1.79. The predicted octanol–water partition coefficient (Wildman–Crippen LogP) is 2.40. The Morgan fingerprint density at radius 3 is 2.45 bits per heavy atom. The number of nitrogens with zero attached hydrogens (tertiary/aromatic N) is 7. The molecule has 9 heteroatoms. The number of amides is 2. The van der Waals surface area contributed by atoms with Gasteiger partial charge in [-0.25, -0.2) is 9.97 Å². The molecule has 174 valence electrons. The molecule has 0 atom stereocenters. The van der Waals surface area contributed by atoms with Crippen LogP contribution in [0.25, 0.3) is 10.9 Å². The van der Waals surface area contributed by atoms with Crippen LogP contribution < -0.4 is 4.90 Å². The van der Waals surface area contributed by atoms with Gasteiger partial charge in [0.2, 0.25) is 11.9 Å². The Balaban J connectivity index is 1.66. The molecule has 9 nitrogen and oxygen atoms in total. The van der Waals surface area contributed by atoms with Gasteiger partial charge in [0.25, 0.3) is 5.91 Å². The van der Waals surface area contributed by atoms with Crippen molar-refractivity contribution in [2.24, 2.45) is 0 Å². The molecule has 2 aromatic heterocycles. The van der Waals surface area contributed by atoms with Crippen molar-refractivity contribution in [3.63, 3.8) is 0 Å². The monoisotopic (exact) mass is 449 g/mol. The molecule has 1 aromatic carbocycles. The molecule has 3 aromatic rings. The summed E-state index contributed by atoms with van der Waals surface area (Å²) in [6.07, 6.45) is 1.82. The van der Waals surface area contributed by atoms with Crippen molar-refractivity contribution in [3.05, 3.63) is 46.9 Å². The summed E-state index contributed by atoms with van der Waals surface area (Å²) in [6.45, 7) is 11.4. The summed E-state index contributed by atoms with van der Waals surface area (Å²) in [4.78, 5) is 40.3. The zero-order chi connectivity index (χ0) is 23.7. The second-order valence-corrected chi connectivity index (χ2v) is 8.62. The minimum Gasteiger partial charge on any atom is -0.339 e. The van der Waals surface area contributed by atoms with E-state index in [0.717, 1.165) is 34.3 Å². The number of piperazine rings is 1. The summed E-state index contributed by atoms with van der Waals surface area (Å²) in [6, 6.07) is 5.90. The number of fused-ring (bicyclic) bond motifs is 1. The Labute approximate surface area is 194 Å². The number of benzene rings is 1. The second-order valence-electron chi connectivity index (χ2n) is 8.62. The van der Waals surface area contributed by atoms with E-state index in [4.69, 9.17) is 9.97 Å². The molecule has 3 heterocycles. The molecule has 2 amide bonds. The molecule has 0 aliphatic carbocycles. The van der Waals surface area contributed by atoms with E-state index < -0.39 is 0 Å². The quantitative estimate of drug-likeness (QED) is 0.595. The molecule has 4 rings (SSSR count). The molecule has 0 N–H and O–H groups in total. The molecular weight excluding hydrogens is 418 g/mol. The van der Waals surface area contributed by atoms with Gasteiger partial charge in [-0.2, -0.15) is 5.10 Å². The fraction of sp³-hybridized carbons (Fsp3) is 0.458. The van der Waals surface area contributed by atoms with E-state index in [1.807, 2.05) is 59.6 Å². The molecular formula is C24H31N7O2. The van der Waals surface area contributed by atoms with Crippen molar-refractivity contribution >= 4 is 28.7 Å². The molecule has 33 heavy (non-hydrogen) atoms. The number of aromatic nitrogens is 4. The Hall–Kier alpha value is -3.49. The van der Waals surface area contributed by atoms with Crippen LogP contribution in [0.5, 0.6) is 0 Å². The van der Waals surface area contributed by atoms with Gasteiger partial charge < -0.3 is 14.7 Å². The van der Waals surface area contributed by atoms with Crippen LogP contribution in [-0.2, 0) is 17.9 Å². The molecule has 0 saturated carbocycles. The van der Waals surface area contributed by atoms with Crippen LogP contribution in [0.4, 0.5) is 5.95 Å². The van der Waals surface area contributed by atoms with Crippen LogP contribution in [-0.4, -0.2) is 74.6 Å². The van der Waals surface area contributed by atoms with E-state index in [1.54, 1.807) is 18.9 Å². The summed E-state index contributed by atoms with van der Waals surface area (Å²) in [5, 5.41) is 5.14. The maximum atomic E-state index is 13.6. The molecule has 0 unspecified atom stereocenters. The first kappa shape index (κ1) is 22.7. The van der Waals surface area contributed by atoms with Crippen molar-refractivity contribution in [2.45, 2.75) is 40.8 Å². The maximum absolute atomic E-state index is 13.6. The van der Waals surface area contributed by atoms with E-state index in [-0.39, 0.29) is 11.8 Å². The highest BCUT2D eigenvalue weighted by molar-refractivity contribution is 6.04. The number of carbonyl (C=O) groups is 2. The molecule has 0 bridgehead atoms. The van der Waals surface area contributed by atoms with Gasteiger partial charge >= 0.3 is 0 Å². The Morgan fingerprint density at radius 2 is 1.82 bits per heavy atom. The zero-order valence-electron chi connectivity index (χ0n) is 20.0. The second kappa shape index (κ2) is 9.17. The van der Waals surface area contributed by atoms with Crippen molar-refractivity contribution in [3.8, 4) is 0 Å². The lowest BCUT2D eigenvalue weighted by atomic mass is 10.1. The van der Waals surface area contributed by atoms with E-state index in [9.17, 15) is 9.59 Å². The number of hydrogen-bond donors (Lipinski definition) is 0. The van der Waals surface area contributed by atoms with Crippen molar-refractivity contribution in [1.82, 2.24) is 29.5 Å². The van der Waals surface area contributed by atoms with Crippen LogP contribution in [0.15, 0.2) is 24.4 Å². The van der Waals surface area contributed by atoms with Crippen molar-refractivity contribution in [2.75, 3.05) is 38.1 Å². The van der Waals surface area contributed by atoms with E-state index >= 15 is 0 Å². The van der Waals surface area contributed by atoms with E-state index in [1.165, 1.54) is 0 Å². The van der Waals surface area contributed by atoms with Gasteiger partial charge in [-0.3, -0.25) is 14.3 Å². The largest absolute Gasteiger partial charge is 0.339 e. The topological polar surface area (TPSA) is 87.5 Å². The van der Waals surface area contributed by atoms with Gasteiger partial charge in [-0.05, 0) is 32.9 Å². The fourth-order valence-corrected chi connectivity index (χ4v) is 4.22. The minimum atomic E-state index is -0.153. The van der Waals surface area contributed by atoms with E-state index in [2.05, 4.69) is 5.10 Å². The molecule has 0 radical (unpaired) electrons. The van der Waals surface area contributed by atoms with Crippen LogP contribution in [0, 0.1) is 13.8 Å². The first-order valence-electron chi connectivity index (χ1n) is 11.3. The Morgan fingerprint density at radius 1 is 1.09 bits per heavy atom. The Kier molecular flexibility index (Phi) is 6.31. The minimum absolute atomic E-state index is 0.0729. The third-order valence-corrected chi connectivity index (χ3v) is 6.31. The molecule has 1 aliphatic heterocycles. The lowest BCUT2D eigenvalue weighted by molar-refractivity contribution is -0.129. The highest BCUT2D eigenvalue weighted by atomic mass is 16.2. The van der Waals surface area contributed by atoms with Gasteiger partial charge in [-0.1, -0.05) is 11.6 Å². The SMILES string of the molecule is CCn1ncc(CN(C)C(=O)c2nc(N3CCN(C(C)=O)CC3)nc3ccc(C)cc23)c1C. The fourth-order valence-electron chi connectivity index (χ4n) is 4.22.